The fourth-order valence-electron chi connectivity index (χ4n) is 4.14. The molecule has 2 heterocycles. The quantitative estimate of drug-likeness (QED) is 0.539. The number of imide groups is 1. The number of carbonyl (C=O) groups excluding carboxylic acids is 2. The zero-order valence-corrected chi connectivity index (χ0v) is 16.4. The molecule has 5 heteroatoms. The number of hydrogen-bond acceptors (Lipinski definition) is 3. The number of hydrogen-bond donors (Lipinski definition) is 1. The van der Waals surface area contributed by atoms with Gasteiger partial charge in [0.2, 0.25) is 0 Å². The van der Waals surface area contributed by atoms with Crippen molar-refractivity contribution in [3.63, 3.8) is 0 Å². The molecular formula is C24H21N3O2. The van der Waals surface area contributed by atoms with Crippen molar-refractivity contribution >= 4 is 33.6 Å². The van der Waals surface area contributed by atoms with Crippen molar-refractivity contribution in [2.24, 2.45) is 0 Å². The summed E-state index contributed by atoms with van der Waals surface area (Å²) >= 11 is 0. The van der Waals surface area contributed by atoms with Crippen LogP contribution in [0.3, 0.4) is 0 Å². The number of benzene rings is 3. The minimum atomic E-state index is -0.212. The second-order valence-corrected chi connectivity index (χ2v) is 7.70. The Morgan fingerprint density at radius 3 is 2.38 bits per heavy atom. The van der Waals surface area contributed by atoms with Crippen LogP contribution in [0.2, 0.25) is 0 Å². The van der Waals surface area contributed by atoms with Gasteiger partial charge in [0.15, 0.2) is 0 Å². The Labute approximate surface area is 168 Å². The van der Waals surface area contributed by atoms with E-state index >= 15 is 0 Å². The molecule has 5 rings (SSSR count). The maximum atomic E-state index is 13.3. The third kappa shape index (κ3) is 2.66. The molecule has 0 saturated heterocycles. The molecule has 1 aliphatic heterocycles. The van der Waals surface area contributed by atoms with Crippen molar-refractivity contribution in [3.05, 3.63) is 71.8 Å². The van der Waals surface area contributed by atoms with E-state index in [1.807, 2.05) is 79.7 Å². The number of likely N-dealkylation sites (N-methyl/N-ethyl adjacent to an activating group) is 1. The van der Waals surface area contributed by atoms with Crippen LogP contribution < -0.4 is 0 Å². The van der Waals surface area contributed by atoms with E-state index in [0.717, 1.165) is 32.9 Å². The van der Waals surface area contributed by atoms with Crippen molar-refractivity contribution < 1.29 is 9.59 Å². The lowest BCUT2D eigenvalue weighted by atomic mass is 9.95. The van der Waals surface area contributed by atoms with Gasteiger partial charge in [0, 0.05) is 34.9 Å². The molecule has 29 heavy (non-hydrogen) atoms. The van der Waals surface area contributed by atoms with Crippen LogP contribution in [0.4, 0.5) is 0 Å². The van der Waals surface area contributed by atoms with E-state index < -0.39 is 0 Å². The van der Waals surface area contributed by atoms with E-state index in [9.17, 15) is 9.59 Å². The number of fused-ring (bicyclic) bond motifs is 5. The first-order valence-electron chi connectivity index (χ1n) is 9.70. The predicted octanol–water partition coefficient (Wildman–Crippen LogP) is 4.15. The first kappa shape index (κ1) is 17.6. The van der Waals surface area contributed by atoms with Crippen molar-refractivity contribution in [2.75, 3.05) is 27.2 Å². The number of aromatic nitrogens is 1. The van der Waals surface area contributed by atoms with Crippen LogP contribution in [0.25, 0.3) is 32.9 Å². The number of nitrogens with one attached hydrogen (secondary N) is 1. The highest BCUT2D eigenvalue weighted by Crippen LogP contribution is 2.40. The summed E-state index contributed by atoms with van der Waals surface area (Å²) in [5.74, 6) is -0.419. The second kappa shape index (κ2) is 6.57. The van der Waals surface area contributed by atoms with Crippen LogP contribution in [-0.4, -0.2) is 53.8 Å². The van der Waals surface area contributed by atoms with Gasteiger partial charge in [0.1, 0.15) is 0 Å². The molecule has 0 aliphatic carbocycles. The molecule has 0 saturated carbocycles. The van der Waals surface area contributed by atoms with E-state index in [0.29, 0.717) is 24.2 Å². The summed E-state index contributed by atoms with van der Waals surface area (Å²) in [6.07, 6.45) is 0. The second-order valence-electron chi connectivity index (χ2n) is 7.70. The standard InChI is InChI=1S/C24H21N3O2/c1-26(2)12-13-27-23(28)18-14-17(15-8-4-3-5-9-15)22-20(21(18)24(27)29)16-10-6-7-11-19(16)25-22/h3-11,14,25H,12-13H2,1-2H3. The van der Waals surface area contributed by atoms with E-state index in [1.54, 1.807) is 0 Å². The molecule has 144 valence electrons. The monoisotopic (exact) mass is 383 g/mol. The van der Waals surface area contributed by atoms with E-state index in [-0.39, 0.29) is 11.8 Å². The average molecular weight is 383 g/mol. The molecule has 1 aromatic heterocycles. The number of amides is 2. The summed E-state index contributed by atoms with van der Waals surface area (Å²) in [5.41, 5.74) is 4.81. The van der Waals surface area contributed by atoms with Gasteiger partial charge in [-0.05, 0) is 31.8 Å². The number of para-hydroxylation sites is 1. The molecular weight excluding hydrogens is 362 g/mol. The van der Waals surface area contributed by atoms with Gasteiger partial charge >= 0.3 is 0 Å². The Balaban J connectivity index is 1.81. The molecule has 2 amide bonds. The van der Waals surface area contributed by atoms with Gasteiger partial charge in [0.25, 0.3) is 11.8 Å². The molecule has 1 aliphatic rings. The summed E-state index contributed by atoms with van der Waals surface area (Å²) in [4.78, 5) is 33.3. The van der Waals surface area contributed by atoms with Crippen LogP contribution >= 0.6 is 0 Å². The topological polar surface area (TPSA) is 56.4 Å². The van der Waals surface area contributed by atoms with Crippen molar-refractivity contribution in [2.45, 2.75) is 0 Å². The lowest BCUT2D eigenvalue weighted by molar-refractivity contribution is 0.0645. The normalized spacial score (nSPS) is 13.8. The third-order valence-corrected chi connectivity index (χ3v) is 5.57. The van der Waals surface area contributed by atoms with Crippen LogP contribution in [0, 0.1) is 0 Å². The van der Waals surface area contributed by atoms with Gasteiger partial charge in [-0.2, -0.15) is 0 Å². The Hall–Kier alpha value is -3.44. The maximum Gasteiger partial charge on any atom is 0.262 e. The highest BCUT2D eigenvalue weighted by Gasteiger charge is 2.38. The highest BCUT2D eigenvalue weighted by molar-refractivity contribution is 6.31. The van der Waals surface area contributed by atoms with Crippen LogP contribution in [-0.2, 0) is 0 Å². The van der Waals surface area contributed by atoms with Gasteiger partial charge in [-0.3, -0.25) is 14.5 Å². The van der Waals surface area contributed by atoms with Gasteiger partial charge in [-0.1, -0.05) is 48.5 Å². The van der Waals surface area contributed by atoms with E-state index in [1.165, 1.54) is 4.90 Å². The average Bonchev–Trinajstić information content (AvgIpc) is 3.22. The predicted molar refractivity (Wildman–Crippen MR) is 115 cm³/mol. The van der Waals surface area contributed by atoms with Crippen molar-refractivity contribution in [3.8, 4) is 11.1 Å². The molecule has 0 radical (unpaired) electrons. The Morgan fingerprint density at radius 1 is 0.897 bits per heavy atom. The van der Waals surface area contributed by atoms with Crippen molar-refractivity contribution in [1.82, 2.24) is 14.8 Å². The molecule has 0 atom stereocenters. The molecule has 4 aromatic rings. The number of aromatic amines is 1. The lowest BCUT2D eigenvalue weighted by Crippen LogP contribution is -2.35. The molecule has 5 nitrogen and oxygen atoms in total. The summed E-state index contributed by atoms with van der Waals surface area (Å²) < 4.78 is 0. The van der Waals surface area contributed by atoms with E-state index in [2.05, 4.69) is 4.98 Å². The fraction of sp³-hybridized carbons (Fsp3) is 0.167. The summed E-state index contributed by atoms with van der Waals surface area (Å²) in [5, 5.41) is 1.80. The number of nitrogens with zero attached hydrogens (tertiary/aromatic N) is 2. The Morgan fingerprint density at radius 2 is 1.62 bits per heavy atom. The molecule has 3 aromatic carbocycles. The van der Waals surface area contributed by atoms with Crippen LogP contribution in [0.1, 0.15) is 20.7 Å². The number of rotatable bonds is 4. The zero-order valence-electron chi connectivity index (χ0n) is 16.4. The largest absolute Gasteiger partial charge is 0.354 e. The van der Waals surface area contributed by atoms with Gasteiger partial charge in [-0.15, -0.1) is 0 Å². The van der Waals surface area contributed by atoms with Crippen molar-refractivity contribution in [1.29, 1.82) is 0 Å². The lowest BCUT2D eigenvalue weighted by Gasteiger charge is -2.16. The van der Waals surface area contributed by atoms with Crippen LogP contribution in [0.5, 0.6) is 0 Å². The first-order valence-corrected chi connectivity index (χ1v) is 9.70. The highest BCUT2D eigenvalue weighted by atomic mass is 16.2. The maximum absolute atomic E-state index is 13.3. The third-order valence-electron chi connectivity index (χ3n) is 5.57. The molecule has 1 N–H and O–H groups in total. The fourth-order valence-corrected chi connectivity index (χ4v) is 4.14. The van der Waals surface area contributed by atoms with Gasteiger partial charge in [0.05, 0.1) is 16.6 Å². The zero-order chi connectivity index (χ0) is 20.1. The Bertz CT molecular complexity index is 1270. The molecule has 0 unspecified atom stereocenters. The minimum absolute atomic E-state index is 0.207. The molecule has 0 spiro atoms. The number of carbonyl (C=O) groups is 2. The smallest absolute Gasteiger partial charge is 0.262 e. The first-order chi connectivity index (χ1) is 14.1. The number of H-pyrrole nitrogens is 1. The molecule has 0 fully saturated rings. The SMILES string of the molecule is CN(C)CCN1C(=O)c2cc(-c3ccccc3)c3[nH]c4ccccc4c3c2C1=O. The van der Waals surface area contributed by atoms with Gasteiger partial charge in [-0.25, -0.2) is 0 Å². The van der Waals surface area contributed by atoms with Crippen LogP contribution in [0.15, 0.2) is 60.7 Å². The Kier molecular flexibility index (Phi) is 4.00. The van der Waals surface area contributed by atoms with E-state index in [4.69, 9.17) is 0 Å². The summed E-state index contributed by atoms with van der Waals surface area (Å²) in [6.45, 7) is 1.01. The molecule has 0 bridgehead atoms. The summed E-state index contributed by atoms with van der Waals surface area (Å²) in [7, 11) is 3.87. The minimum Gasteiger partial charge on any atom is -0.354 e. The summed E-state index contributed by atoms with van der Waals surface area (Å²) in [6, 6.07) is 19.8. The van der Waals surface area contributed by atoms with Gasteiger partial charge < -0.3 is 9.88 Å².